The molecular formula is C16H19LiN2O6S2. The molecule has 8 nitrogen and oxygen atoms in total. The van der Waals surface area contributed by atoms with Crippen LogP contribution >= 0.6 is 0 Å². The van der Waals surface area contributed by atoms with E-state index in [0.29, 0.717) is 22.6 Å². The third-order valence-corrected chi connectivity index (χ3v) is 4.40. The zero-order chi connectivity index (χ0) is 19.5. The van der Waals surface area contributed by atoms with Crippen LogP contribution in [0.15, 0.2) is 30.3 Å². The van der Waals surface area contributed by atoms with Gasteiger partial charge in [-0.05, 0) is 6.07 Å². The minimum Gasteiger partial charge on any atom is -0.514 e. The van der Waals surface area contributed by atoms with E-state index in [9.17, 15) is 16.8 Å². The molecule has 0 radical (unpaired) electrons. The zero-order valence-electron chi connectivity index (χ0n) is 15.7. The molecule has 2 aromatic carbocycles. The number of hydrogen-bond donors (Lipinski definition) is 2. The summed E-state index contributed by atoms with van der Waals surface area (Å²) >= 11 is 0. The fourth-order valence-corrected chi connectivity index (χ4v) is 3.35. The number of hydrogen-bond acceptors (Lipinski definition) is 6. The van der Waals surface area contributed by atoms with E-state index in [0.717, 1.165) is 12.5 Å². The van der Waals surface area contributed by atoms with E-state index in [2.05, 4.69) is 15.5 Å². The molecule has 0 saturated carbocycles. The van der Waals surface area contributed by atoms with Crippen LogP contribution in [0.5, 0.6) is 11.5 Å². The molecule has 2 aromatic rings. The van der Waals surface area contributed by atoms with Gasteiger partial charge in [0.1, 0.15) is 5.75 Å². The van der Waals surface area contributed by atoms with Crippen LogP contribution in [-0.2, 0) is 20.0 Å². The number of nitrogens with one attached hydrogen (secondary N) is 2. The van der Waals surface area contributed by atoms with Crippen LogP contribution in [0.2, 0.25) is 0 Å². The van der Waals surface area contributed by atoms with Crippen molar-refractivity contribution in [1.29, 1.82) is 0 Å². The van der Waals surface area contributed by atoms with E-state index in [1.165, 1.54) is 14.2 Å². The molecule has 11 heteroatoms. The predicted octanol–water partition coefficient (Wildman–Crippen LogP) is -1.08. The monoisotopic (exact) mass is 406 g/mol. The van der Waals surface area contributed by atoms with E-state index >= 15 is 0 Å². The molecule has 0 aliphatic heterocycles. The molecule has 0 heterocycles. The standard InChI is InChI=1S/C16H19N2O6S2.Li/c1-23-15-9-11(5-7-13(15)17-25(3,19)20)12-6-8-14(16(10-12)24-2)18-26(4,21)22;/h5-9,17-18H,1-4H3;/q-1;+1. The molecular weight excluding hydrogens is 387 g/mol. The first-order chi connectivity index (χ1) is 12.0. The number of benzene rings is 2. The molecule has 2 N–H and O–H groups in total. The van der Waals surface area contributed by atoms with Crippen LogP contribution in [0.4, 0.5) is 11.4 Å². The van der Waals surface area contributed by atoms with Gasteiger partial charge < -0.3 is 14.2 Å². The molecule has 0 bridgehead atoms. The summed E-state index contributed by atoms with van der Waals surface area (Å²) < 4.78 is 60.8. The van der Waals surface area contributed by atoms with E-state index in [1.54, 1.807) is 30.3 Å². The molecule has 0 saturated heterocycles. The van der Waals surface area contributed by atoms with Crippen molar-refractivity contribution in [3.05, 3.63) is 36.4 Å². The SMILES string of the molecule is COc1[c-]c(-c2ccc(NS(C)(=O)=O)c(OC)c2)ccc1NS(C)(=O)=O.[Li+]. The van der Waals surface area contributed by atoms with Crippen molar-refractivity contribution in [2.45, 2.75) is 0 Å². The van der Waals surface area contributed by atoms with Crippen molar-refractivity contribution >= 4 is 31.4 Å². The first-order valence-electron chi connectivity index (χ1n) is 7.26. The summed E-state index contributed by atoms with van der Waals surface area (Å²) in [6.07, 6.45) is 2.09. The van der Waals surface area contributed by atoms with Gasteiger partial charge in [-0.1, -0.05) is 23.8 Å². The fraction of sp³-hybridized carbons (Fsp3) is 0.250. The number of rotatable bonds is 7. The Hall–Kier alpha value is -1.86. The Kier molecular flexibility index (Phi) is 7.63. The normalized spacial score (nSPS) is 11.3. The van der Waals surface area contributed by atoms with Crippen molar-refractivity contribution in [1.82, 2.24) is 0 Å². The van der Waals surface area contributed by atoms with Gasteiger partial charge in [-0.25, -0.2) is 16.8 Å². The van der Waals surface area contributed by atoms with Gasteiger partial charge in [0, 0.05) is 5.69 Å². The van der Waals surface area contributed by atoms with Gasteiger partial charge in [-0.15, -0.1) is 17.7 Å². The molecule has 0 atom stereocenters. The molecule has 27 heavy (non-hydrogen) atoms. The second kappa shape index (κ2) is 8.88. The fourth-order valence-electron chi connectivity index (χ4n) is 2.23. The molecule has 0 unspecified atom stereocenters. The van der Waals surface area contributed by atoms with Crippen molar-refractivity contribution in [3.8, 4) is 22.6 Å². The molecule has 0 aliphatic carbocycles. The van der Waals surface area contributed by atoms with E-state index in [1.807, 2.05) is 0 Å². The average molecular weight is 406 g/mol. The Balaban J connectivity index is 0.00000364. The van der Waals surface area contributed by atoms with Crippen molar-refractivity contribution < 1.29 is 45.2 Å². The van der Waals surface area contributed by atoms with Gasteiger partial charge in [0.05, 0.1) is 38.2 Å². The van der Waals surface area contributed by atoms with Crippen LogP contribution in [0.25, 0.3) is 11.1 Å². The zero-order valence-corrected chi connectivity index (χ0v) is 17.3. The van der Waals surface area contributed by atoms with E-state index in [4.69, 9.17) is 9.47 Å². The van der Waals surface area contributed by atoms with Crippen LogP contribution < -0.4 is 37.8 Å². The quantitative estimate of drug-likeness (QED) is 0.447. The van der Waals surface area contributed by atoms with Crippen LogP contribution in [0, 0.1) is 6.07 Å². The van der Waals surface area contributed by atoms with Crippen molar-refractivity contribution in [3.63, 3.8) is 0 Å². The predicted molar refractivity (Wildman–Crippen MR) is 101 cm³/mol. The van der Waals surface area contributed by atoms with Crippen molar-refractivity contribution in [2.75, 3.05) is 36.2 Å². The second-order valence-electron chi connectivity index (χ2n) is 5.48. The molecule has 0 fully saturated rings. The Morgan fingerprint density at radius 3 is 1.93 bits per heavy atom. The summed E-state index contributed by atoms with van der Waals surface area (Å²) in [6.45, 7) is 0. The summed E-state index contributed by atoms with van der Waals surface area (Å²) in [6, 6.07) is 11.1. The summed E-state index contributed by atoms with van der Waals surface area (Å²) in [5.74, 6) is 0.559. The minimum atomic E-state index is -3.46. The average Bonchev–Trinajstić information content (AvgIpc) is 2.53. The van der Waals surface area contributed by atoms with Crippen molar-refractivity contribution in [2.24, 2.45) is 0 Å². The number of methoxy groups -OCH3 is 2. The third-order valence-electron chi connectivity index (χ3n) is 3.22. The molecule has 2 rings (SSSR count). The van der Waals surface area contributed by atoms with Gasteiger partial charge in [0.2, 0.25) is 20.0 Å². The maximum atomic E-state index is 11.4. The molecule has 0 aliphatic rings. The number of sulfonamides is 2. The number of ether oxygens (including phenoxy) is 2. The summed E-state index contributed by atoms with van der Waals surface area (Å²) in [7, 11) is -4.07. The van der Waals surface area contributed by atoms with Crippen LogP contribution in [0.1, 0.15) is 0 Å². The first-order valence-corrected chi connectivity index (χ1v) is 11.0. The largest absolute Gasteiger partial charge is 1.00 e. The Bertz CT molecular complexity index is 940. The molecule has 0 aromatic heterocycles. The van der Waals surface area contributed by atoms with Gasteiger partial charge in [0.15, 0.2) is 0 Å². The van der Waals surface area contributed by atoms with E-state index in [-0.39, 0.29) is 30.3 Å². The van der Waals surface area contributed by atoms with Gasteiger partial charge in [-0.3, -0.25) is 4.72 Å². The Morgan fingerprint density at radius 1 is 0.852 bits per heavy atom. The van der Waals surface area contributed by atoms with Gasteiger partial charge in [0.25, 0.3) is 0 Å². The van der Waals surface area contributed by atoms with Crippen LogP contribution in [0.3, 0.4) is 0 Å². The molecule has 0 spiro atoms. The summed E-state index contributed by atoms with van der Waals surface area (Å²) in [5.41, 5.74) is 1.87. The second-order valence-corrected chi connectivity index (χ2v) is 8.98. The minimum absolute atomic E-state index is 0. The number of anilines is 2. The topological polar surface area (TPSA) is 111 Å². The van der Waals surface area contributed by atoms with Crippen LogP contribution in [-0.4, -0.2) is 43.6 Å². The maximum Gasteiger partial charge on any atom is 1.00 e. The van der Waals surface area contributed by atoms with E-state index < -0.39 is 20.0 Å². The molecule has 142 valence electrons. The molecule has 0 amide bonds. The summed E-state index contributed by atoms with van der Waals surface area (Å²) in [5, 5.41) is 0. The maximum absolute atomic E-state index is 11.4. The Labute approximate surface area is 171 Å². The first kappa shape index (κ1) is 23.2. The Morgan fingerprint density at radius 2 is 1.41 bits per heavy atom. The summed E-state index contributed by atoms with van der Waals surface area (Å²) in [4.78, 5) is 0. The third kappa shape index (κ3) is 6.66. The van der Waals surface area contributed by atoms with Gasteiger partial charge in [-0.2, -0.15) is 0 Å². The smallest absolute Gasteiger partial charge is 0.514 e. The van der Waals surface area contributed by atoms with Gasteiger partial charge >= 0.3 is 18.9 Å².